The molecule has 0 saturated heterocycles. The number of carbonyl (C=O) groups excluding carboxylic acids is 2. The Morgan fingerprint density at radius 3 is 2.69 bits per heavy atom. The van der Waals surface area contributed by atoms with E-state index in [1.807, 2.05) is 5.32 Å². The Hall–Kier alpha value is -1.71. The van der Waals surface area contributed by atoms with E-state index < -0.39 is 18.0 Å². The van der Waals surface area contributed by atoms with Crippen molar-refractivity contribution in [1.82, 2.24) is 5.32 Å². The fraction of sp³-hybridized carbons (Fsp3) is 0.111. The fourth-order valence-electron chi connectivity index (χ4n) is 1.31. The number of alkyl halides is 1. The molecule has 2 rings (SSSR count). The van der Waals surface area contributed by atoms with Crippen LogP contribution in [0.5, 0.6) is 0 Å². The van der Waals surface area contributed by atoms with Crippen molar-refractivity contribution < 1.29 is 14.0 Å². The lowest BCUT2D eigenvalue weighted by Crippen LogP contribution is -2.38. The lowest BCUT2D eigenvalue weighted by Gasteiger charge is -2.17. The van der Waals surface area contributed by atoms with E-state index in [-0.39, 0.29) is 11.1 Å². The van der Waals surface area contributed by atoms with E-state index in [9.17, 15) is 14.0 Å². The van der Waals surface area contributed by atoms with Gasteiger partial charge in [0.25, 0.3) is 11.8 Å². The van der Waals surface area contributed by atoms with Crippen LogP contribution in [0.4, 0.5) is 4.39 Å². The molecule has 0 spiro atoms. The molecule has 0 bridgehead atoms. The molecule has 0 aliphatic carbocycles. The molecule has 0 aromatic heterocycles. The number of hydrogen-bond donors (Lipinski definition) is 1. The van der Waals surface area contributed by atoms with E-state index in [1.54, 1.807) is 12.1 Å². The van der Waals surface area contributed by atoms with E-state index in [0.29, 0.717) is 0 Å². The standard InChI is InChI=1S/C9H6FNO2/c10-7-5-3-1-2-4-6(5)8(12)11-9(7)13/h1-4,7H,(H,11,12,13). The summed E-state index contributed by atoms with van der Waals surface area (Å²) in [5.41, 5.74) is 0.380. The number of rotatable bonds is 0. The van der Waals surface area contributed by atoms with Gasteiger partial charge in [0.05, 0.1) is 0 Å². The van der Waals surface area contributed by atoms with Gasteiger partial charge in [0.1, 0.15) is 0 Å². The summed E-state index contributed by atoms with van der Waals surface area (Å²) < 4.78 is 13.2. The highest BCUT2D eigenvalue weighted by Crippen LogP contribution is 2.25. The molecule has 1 heterocycles. The van der Waals surface area contributed by atoms with Crippen molar-refractivity contribution >= 4 is 11.8 Å². The maximum Gasteiger partial charge on any atom is 0.266 e. The summed E-state index contributed by atoms with van der Waals surface area (Å²) in [4.78, 5) is 22.0. The van der Waals surface area contributed by atoms with Gasteiger partial charge >= 0.3 is 0 Å². The van der Waals surface area contributed by atoms with Crippen molar-refractivity contribution in [2.45, 2.75) is 6.17 Å². The quantitative estimate of drug-likeness (QED) is 0.603. The molecular weight excluding hydrogens is 173 g/mol. The van der Waals surface area contributed by atoms with Crippen molar-refractivity contribution in [3.63, 3.8) is 0 Å². The van der Waals surface area contributed by atoms with Gasteiger partial charge in [-0.15, -0.1) is 0 Å². The largest absolute Gasteiger partial charge is 0.289 e. The van der Waals surface area contributed by atoms with Crippen LogP contribution in [0.1, 0.15) is 22.1 Å². The summed E-state index contributed by atoms with van der Waals surface area (Å²) in [5, 5.41) is 1.93. The SMILES string of the molecule is O=C1NC(=O)C(F)c2ccccc21. The van der Waals surface area contributed by atoms with Crippen molar-refractivity contribution in [1.29, 1.82) is 0 Å². The molecule has 1 unspecified atom stereocenters. The smallest absolute Gasteiger partial charge is 0.266 e. The van der Waals surface area contributed by atoms with E-state index >= 15 is 0 Å². The van der Waals surface area contributed by atoms with Crippen LogP contribution < -0.4 is 5.32 Å². The first-order chi connectivity index (χ1) is 6.20. The Balaban J connectivity index is 2.60. The summed E-state index contributed by atoms with van der Waals surface area (Å²) in [6.45, 7) is 0. The van der Waals surface area contributed by atoms with Gasteiger partial charge < -0.3 is 0 Å². The van der Waals surface area contributed by atoms with Gasteiger partial charge in [0, 0.05) is 11.1 Å². The topological polar surface area (TPSA) is 46.2 Å². The van der Waals surface area contributed by atoms with Crippen LogP contribution in [-0.2, 0) is 4.79 Å². The minimum absolute atomic E-state index is 0.149. The summed E-state index contributed by atoms with van der Waals surface area (Å²) in [5.74, 6) is -1.42. The number of fused-ring (bicyclic) bond motifs is 1. The zero-order chi connectivity index (χ0) is 9.42. The zero-order valence-corrected chi connectivity index (χ0v) is 6.58. The van der Waals surface area contributed by atoms with Crippen LogP contribution in [0.3, 0.4) is 0 Å². The monoisotopic (exact) mass is 179 g/mol. The number of benzene rings is 1. The van der Waals surface area contributed by atoms with Crippen LogP contribution >= 0.6 is 0 Å². The number of amides is 2. The Labute approximate surface area is 73.6 Å². The Morgan fingerprint density at radius 2 is 1.92 bits per heavy atom. The minimum atomic E-state index is -1.73. The van der Waals surface area contributed by atoms with E-state index in [4.69, 9.17) is 0 Å². The summed E-state index contributed by atoms with van der Waals surface area (Å²) >= 11 is 0. The summed E-state index contributed by atoms with van der Waals surface area (Å²) in [7, 11) is 0. The molecule has 4 heteroatoms. The molecule has 3 nitrogen and oxygen atoms in total. The highest BCUT2D eigenvalue weighted by molar-refractivity contribution is 6.10. The molecule has 1 N–H and O–H groups in total. The molecule has 13 heavy (non-hydrogen) atoms. The summed E-state index contributed by atoms with van der Waals surface area (Å²) in [6, 6.07) is 6.15. The van der Waals surface area contributed by atoms with Crippen LogP contribution in [-0.4, -0.2) is 11.8 Å². The van der Waals surface area contributed by atoms with Crippen molar-refractivity contribution in [3.05, 3.63) is 35.4 Å². The molecule has 0 saturated carbocycles. The molecule has 66 valence electrons. The van der Waals surface area contributed by atoms with Crippen LogP contribution in [0.15, 0.2) is 24.3 Å². The molecule has 1 aliphatic heterocycles. The number of halogens is 1. The predicted molar refractivity (Wildman–Crippen MR) is 42.8 cm³/mol. The van der Waals surface area contributed by atoms with Crippen LogP contribution in [0.25, 0.3) is 0 Å². The molecule has 2 amide bonds. The van der Waals surface area contributed by atoms with Gasteiger partial charge in [-0.25, -0.2) is 4.39 Å². The number of hydrogen-bond acceptors (Lipinski definition) is 2. The molecule has 1 aromatic carbocycles. The predicted octanol–water partition coefficient (Wildman–Crippen LogP) is 0.967. The third-order valence-electron chi connectivity index (χ3n) is 1.95. The highest BCUT2D eigenvalue weighted by Gasteiger charge is 2.31. The normalized spacial score (nSPS) is 20.8. The van der Waals surface area contributed by atoms with Crippen molar-refractivity contribution in [2.24, 2.45) is 0 Å². The molecule has 1 aromatic rings. The Bertz CT molecular complexity index is 389. The van der Waals surface area contributed by atoms with E-state index in [1.165, 1.54) is 12.1 Å². The third kappa shape index (κ3) is 1.11. The number of imide groups is 1. The lowest BCUT2D eigenvalue weighted by atomic mass is 9.99. The molecule has 1 atom stereocenters. The average Bonchev–Trinajstić information content (AvgIpc) is 2.15. The first-order valence-electron chi connectivity index (χ1n) is 3.78. The Morgan fingerprint density at radius 1 is 1.23 bits per heavy atom. The van der Waals surface area contributed by atoms with Gasteiger partial charge in [0.2, 0.25) is 6.17 Å². The minimum Gasteiger partial charge on any atom is -0.289 e. The second-order valence-electron chi connectivity index (χ2n) is 2.77. The van der Waals surface area contributed by atoms with Gasteiger partial charge in [-0.3, -0.25) is 14.9 Å². The fourth-order valence-corrected chi connectivity index (χ4v) is 1.31. The first-order valence-corrected chi connectivity index (χ1v) is 3.78. The Kier molecular flexibility index (Phi) is 1.62. The molecular formula is C9H6FNO2. The average molecular weight is 179 g/mol. The number of nitrogens with one attached hydrogen (secondary N) is 1. The highest BCUT2D eigenvalue weighted by atomic mass is 19.1. The second-order valence-corrected chi connectivity index (χ2v) is 2.77. The van der Waals surface area contributed by atoms with Gasteiger partial charge in [-0.2, -0.15) is 0 Å². The lowest BCUT2D eigenvalue weighted by molar-refractivity contribution is -0.125. The second kappa shape index (κ2) is 2.65. The molecule has 0 fully saturated rings. The van der Waals surface area contributed by atoms with E-state index in [0.717, 1.165) is 0 Å². The number of carbonyl (C=O) groups is 2. The van der Waals surface area contributed by atoms with Crippen LogP contribution in [0, 0.1) is 0 Å². The van der Waals surface area contributed by atoms with Crippen molar-refractivity contribution in [3.8, 4) is 0 Å². The molecule has 1 aliphatic rings. The van der Waals surface area contributed by atoms with Gasteiger partial charge in [0.15, 0.2) is 0 Å². The van der Waals surface area contributed by atoms with Gasteiger partial charge in [-0.1, -0.05) is 18.2 Å². The first kappa shape index (κ1) is 7.91. The maximum atomic E-state index is 13.2. The summed E-state index contributed by atoms with van der Waals surface area (Å²) in [6.07, 6.45) is -1.73. The van der Waals surface area contributed by atoms with Gasteiger partial charge in [-0.05, 0) is 6.07 Å². The van der Waals surface area contributed by atoms with Crippen molar-refractivity contribution in [2.75, 3.05) is 0 Å². The third-order valence-corrected chi connectivity index (χ3v) is 1.95. The zero-order valence-electron chi connectivity index (χ0n) is 6.58. The van der Waals surface area contributed by atoms with E-state index in [2.05, 4.69) is 0 Å². The van der Waals surface area contributed by atoms with Crippen LogP contribution in [0.2, 0.25) is 0 Å². The maximum absolute atomic E-state index is 13.2. The molecule has 0 radical (unpaired) electrons.